The minimum atomic E-state index is -4.31. The van der Waals surface area contributed by atoms with E-state index in [-0.39, 0.29) is 40.8 Å². The molecule has 0 bridgehead atoms. The first-order valence-electron chi connectivity index (χ1n) is 15.1. The molecule has 8 nitrogen and oxygen atoms in total. The number of carbonyl (C=O) groups excluding carboxylic acids is 2. The molecule has 0 aromatic heterocycles. The normalized spacial score (nSPS) is 12.0. The standard InChI is InChI=1S/C36H40FN3O5S/c1-26(2)23-38-36(42)33(22-28-12-6-5-7-13-28)39(24-29-14-8-9-15-31(29)37)35(41)25-40(32-16-10-11-17-34(32)45-4)46(43,44)30-20-18-27(3)19-21-30/h5-21,26,33H,22-25H2,1-4H3,(H,38,42)/t33-/m1/s1. The zero-order chi connectivity index (χ0) is 33.3. The Hall–Kier alpha value is -4.70. The highest BCUT2D eigenvalue weighted by molar-refractivity contribution is 7.92. The van der Waals surface area contributed by atoms with Crippen LogP contribution in [0.4, 0.5) is 10.1 Å². The van der Waals surface area contributed by atoms with E-state index < -0.39 is 40.2 Å². The number of anilines is 1. The smallest absolute Gasteiger partial charge is 0.264 e. The Morgan fingerprint density at radius 2 is 1.50 bits per heavy atom. The lowest BCUT2D eigenvalue weighted by Crippen LogP contribution is -2.53. The molecule has 0 fully saturated rings. The minimum absolute atomic E-state index is 0.0204. The molecular formula is C36H40FN3O5S. The van der Waals surface area contributed by atoms with Gasteiger partial charge in [0.05, 0.1) is 17.7 Å². The van der Waals surface area contributed by atoms with Crippen LogP contribution in [0.1, 0.15) is 30.5 Å². The number of nitrogens with one attached hydrogen (secondary N) is 1. The van der Waals surface area contributed by atoms with Gasteiger partial charge in [0.15, 0.2) is 0 Å². The molecule has 4 aromatic carbocycles. The average molecular weight is 646 g/mol. The van der Waals surface area contributed by atoms with Crippen molar-refractivity contribution in [3.63, 3.8) is 0 Å². The van der Waals surface area contributed by atoms with Crippen molar-refractivity contribution in [3.05, 3.63) is 126 Å². The molecule has 0 saturated carbocycles. The molecule has 4 rings (SSSR count). The van der Waals surface area contributed by atoms with Crippen molar-refractivity contribution < 1.29 is 27.1 Å². The second kappa shape index (κ2) is 15.5. The molecule has 0 heterocycles. The number of aryl methyl sites for hydroxylation is 1. The van der Waals surface area contributed by atoms with Gasteiger partial charge in [0.2, 0.25) is 11.8 Å². The summed E-state index contributed by atoms with van der Waals surface area (Å²) < 4.78 is 50.0. The molecule has 0 aliphatic carbocycles. The van der Waals surface area contributed by atoms with E-state index in [1.54, 1.807) is 54.6 Å². The van der Waals surface area contributed by atoms with Gasteiger partial charge in [-0.3, -0.25) is 13.9 Å². The van der Waals surface area contributed by atoms with Crippen LogP contribution in [0.15, 0.2) is 108 Å². The van der Waals surface area contributed by atoms with E-state index in [1.165, 1.54) is 30.2 Å². The molecule has 0 spiro atoms. The Kier molecular flexibility index (Phi) is 11.5. The largest absolute Gasteiger partial charge is 0.495 e. The van der Waals surface area contributed by atoms with Gasteiger partial charge in [0, 0.05) is 25.1 Å². The summed E-state index contributed by atoms with van der Waals surface area (Å²) in [5, 5.41) is 2.92. The number of halogens is 1. The number of rotatable bonds is 14. The van der Waals surface area contributed by atoms with Crippen molar-refractivity contribution in [3.8, 4) is 5.75 Å². The lowest BCUT2D eigenvalue weighted by atomic mass is 10.0. The van der Waals surface area contributed by atoms with Crippen LogP contribution in [0.25, 0.3) is 0 Å². The summed E-state index contributed by atoms with van der Waals surface area (Å²) in [7, 11) is -2.89. The molecule has 0 unspecified atom stereocenters. The lowest BCUT2D eigenvalue weighted by molar-refractivity contribution is -0.140. The van der Waals surface area contributed by atoms with Gasteiger partial charge in [-0.1, -0.05) is 92.2 Å². The van der Waals surface area contributed by atoms with E-state index in [2.05, 4.69) is 5.32 Å². The van der Waals surface area contributed by atoms with E-state index in [0.717, 1.165) is 15.4 Å². The van der Waals surface area contributed by atoms with Crippen molar-refractivity contribution in [2.45, 2.75) is 44.7 Å². The minimum Gasteiger partial charge on any atom is -0.495 e. The van der Waals surface area contributed by atoms with Gasteiger partial charge >= 0.3 is 0 Å². The molecule has 10 heteroatoms. The quantitative estimate of drug-likeness (QED) is 0.189. The number of methoxy groups -OCH3 is 1. The van der Waals surface area contributed by atoms with Crippen LogP contribution >= 0.6 is 0 Å². The van der Waals surface area contributed by atoms with Gasteiger partial charge in [-0.05, 0) is 48.7 Å². The molecule has 1 N–H and O–H groups in total. The van der Waals surface area contributed by atoms with Crippen molar-refractivity contribution in [1.29, 1.82) is 0 Å². The first-order valence-corrected chi connectivity index (χ1v) is 16.5. The Morgan fingerprint density at radius 1 is 0.870 bits per heavy atom. The predicted molar refractivity (Wildman–Crippen MR) is 177 cm³/mol. The number of para-hydroxylation sites is 2. The number of hydrogen-bond donors (Lipinski definition) is 1. The number of carbonyl (C=O) groups is 2. The van der Waals surface area contributed by atoms with Crippen molar-refractivity contribution in [2.75, 3.05) is 24.5 Å². The third-order valence-electron chi connectivity index (χ3n) is 7.50. The highest BCUT2D eigenvalue weighted by Gasteiger charge is 2.35. The average Bonchev–Trinajstić information content (AvgIpc) is 3.05. The molecule has 4 aromatic rings. The SMILES string of the molecule is COc1ccccc1N(CC(=O)N(Cc1ccccc1F)[C@H](Cc1ccccc1)C(=O)NCC(C)C)S(=O)(=O)c1ccc(C)cc1. The number of benzene rings is 4. The fourth-order valence-electron chi connectivity index (χ4n) is 4.97. The molecule has 2 amide bonds. The molecule has 0 aliphatic rings. The number of sulfonamides is 1. The van der Waals surface area contributed by atoms with Crippen LogP contribution in [-0.2, 0) is 32.6 Å². The van der Waals surface area contributed by atoms with Crippen molar-refractivity contribution >= 4 is 27.5 Å². The summed E-state index contributed by atoms with van der Waals surface area (Å²) in [6.45, 7) is 5.18. The van der Waals surface area contributed by atoms with Gasteiger partial charge in [0.25, 0.3) is 10.0 Å². The van der Waals surface area contributed by atoms with Crippen LogP contribution < -0.4 is 14.4 Å². The number of amides is 2. The molecule has 0 radical (unpaired) electrons. The highest BCUT2D eigenvalue weighted by atomic mass is 32.2. The first-order chi connectivity index (χ1) is 22.0. The second-order valence-electron chi connectivity index (χ2n) is 11.5. The zero-order valence-corrected chi connectivity index (χ0v) is 27.3. The molecule has 1 atom stereocenters. The second-order valence-corrected chi connectivity index (χ2v) is 13.3. The van der Waals surface area contributed by atoms with Crippen LogP contribution in [0.2, 0.25) is 0 Å². The van der Waals surface area contributed by atoms with E-state index in [1.807, 2.05) is 51.1 Å². The fourth-order valence-corrected chi connectivity index (χ4v) is 6.40. The molecule has 242 valence electrons. The van der Waals surface area contributed by atoms with Crippen molar-refractivity contribution in [1.82, 2.24) is 10.2 Å². The Bertz CT molecular complexity index is 1730. The lowest BCUT2D eigenvalue weighted by Gasteiger charge is -2.34. The first kappa shape index (κ1) is 34.2. The van der Waals surface area contributed by atoms with Crippen LogP contribution in [-0.4, -0.2) is 51.4 Å². The van der Waals surface area contributed by atoms with E-state index in [9.17, 15) is 18.0 Å². The maximum absolute atomic E-state index is 15.1. The third-order valence-corrected chi connectivity index (χ3v) is 9.27. The molecule has 46 heavy (non-hydrogen) atoms. The molecule has 0 aliphatic heterocycles. The molecule has 0 saturated heterocycles. The van der Waals surface area contributed by atoms with Gasteiger partial charge in [-0.25, -0.2) is 12.8 Å². The summed E-state index contributed by atoms with van der Waals surface area (Å²) >= 11 is 0. The van der Waals surface area contributed by atoms with Crippen molar-refractivity contribution in [2.24, 2.45) is 5.92 Å². The van der Waals surface area contributed by atoms with Crippen LogP contribution in [0.5, 0.6) is 5.75 Å². The summed E-state index contributed by atoms with van der Waals surface area (Å²) in [5.41, 5.74) is 1.99. The van der Waals surface area contributed by atoms with Gasteiger partial charge in [-0.2, -0.15) is 0 Å². The third kappa shape index (κ3) is 8.51. The maximum atomic E-state index is 15.1. The molecular weight excluding hydrogens is 605 g/mol. The zero-order valence-electron chi connectivity index (χ0n) is 26.5. The van der Waals surface area contributed by atoms with E-state index in [4.69, 9.17) is 4.74 Å². The Morgan fingerprint density at radius 3 is 2.15 bits per heavy atom. The van der Waals surface area contributed by atoms with Crippen LogP contribution in [0.3, 0.4) is 0 Å². The Balaban J connectivity index is 1.83. The van der Waals surface area contributed by atoms with E-state index >= 15 is 4.39 Å². The summed E-state index contributed by atoms with van der Waals surface area (Å²) in [6, 6.07) is 26.9. The van der Waals surface area contributed by atoms with Crippen LogP contribution in [0, 0.1) is 18.7 Å². The van der Waals surface area contributed by atoms with E-state index in [0.29, 0.717) is 6.54 Å². The number of hydrogen-bond acceptors (Lipinski definition) is 5. The van der Waals surface area contributed by atoms with Gasteiger partial charge < -0.3 is 15.0 Å². The number of nitrogens with zero attached hydrogens (tertiary/aromatic N) is 2. The predicted octanol–water partition coefficient (Wildman–Crippen LogP) is 5.75. The summed E-state index contributed by atoms with van der Waals surface area (Å²) in [5.74, 6) is -1.28. The highest BCUT2D eigenvalue weighted by Crippen LogP contribution is 2.33. The Labute approximate surface area is 270 Å². The maximum Gasteiger partial charge on any atom is 0.264 e. The topological polar surface area (TPSA) is 96.0 Å². The summed E-state index contributed by atoms with van der Waals surface area (Å²) in [4.78, 5) is 29.6. The number of ether oxygens (including phenoxy) is 1. The monoisotopic (exact) mass is 645 g/mol. The van der Waals surface area contributed by atoms with Gasteiger partial charge in [0.1, 0.15) is 24.2 Å². The fraction of sp³-hybridized carbons (Fsp3) is 0.278. The van der Waals surface area contributed by atoms with Gasteiger partial charge in [-0.15, -0.1) is 0 Å². The summed E-state index contributed by atoms with van der Waals surface area (Å²) in [6.07, 6.45) is 0.129.